The average molecular weight is 268 g/mol. The first-order chi connectivity index (χ1) is 8.80. The molecule has 3 atom stereocenters. The Hall–Kier alpha value is -1.06. The predicted molar refractivity (Wildman–Crippen MR) is 70.7 cm³/mol. The molecule has 0 heterocycles. The largest absolute Gasteiger partial charge is 0.481 e. The van der Waals surface area contributed by atoms with Crippen LogP contribution in [-0.4, -0.2) is 22.2 Å². The number of carbonyl (C=O) groups is 2. The Bertz CT molecular complexity index is 356. The molecule has 3 aliphatic rings. The Morgan fingerprint density at radius 3 is 2.16 bits per heavy atom. The second kappa shape index (κ2) is 5.14. The van der Waals surface area contributed by atoms with Gasteiger partial charge in [0.2, 0.25) is 0 Å². The quantitative estimate of drug-likeness (QED) is 0.776. The summed E-state index contributed by atoms with van der Waals surface area (Å²) in [4.78, 5) is 21.7. The van der Waals surface area contributed by atoms with Crippen LogP contribution in [0.1, 0.15) is 52.4 Å². The molecule has 0 aliphatic heterocycles. The van der Waals surface area contributed by atoms with E-state index in [1.54, 1.807) is 0 Å². The SMILES string of the molecule is CC1(C)C2C[C@H]1CC[C@@H]2CC(CC(=O)O)CC(=O)O. The summed E-state index contributed by atoms with van der Waals surface area (Å²) in [6, 6.07) is 0. The van der Waals surface area contributed by atoms with Gasteiger partial charge in [-0.05, 0) is 54.8 Å². The highest BCUT2D eigenvalue weighted by molar-refractivity contribution is 5.70. The van der Waals surface area contributed by atoms with Crippen LogP contribution >= 0.6 is 0 Å². The molecule has 3 aliphatic carbocycles. The third kappa shape index (κ3) is 2.93. The molecular formula is C15H24O4. The molecule has 108 valence electrons. The summed E-state index contributed by atoms with van der Waals surface area (Å²) < 4.78 is 0. The fraction of sp³-hybridized carbons (Fsp3) is 0.867. The summed E-state index contributed by atoms with van der Waals surface area (Å²) in [5, 5.41) is 17.8. The van der Waals surface area contributed by atoms with Gasteiger partial charge in [0.05, 0.1) is 0 Å². The lowest BCUT2D eigenvalue weighted by atomic mass is 9.45. The normalized spacial score (nSPS) is 31.8. The molecule has 3 fully saturated rings. The van der Waals surface area contributed by atoms with Gasteiger partial charge in [0.25, 0.3) is 0 Å². The summed E-state index contributed by atoms with van der Waals surface area (Å²) in [7, 11) is 0. The zero-order valence-corrected chi connectivity index (χ0v) is 11.8. The maximum absolute atomic E-state index is 10.9. The van der Waals surface area contributed by atoms with Crippen molar-refractivity contribution in [3.8, 4) is 0 Å². The van der Waals surface area contributed by atoms with E-state index in [0.29, 0.717) is 17.3 Å². The number of aliphatic carboxylic acids is 2. The highest BCUT2D eigenvalue weighted by Crippen LogP contribution is 2.62. The number of hydrogen-bond donors (Lipinski definition) is 2. The van der Waals surface area contributed by atoms with Crippen LogP contribution in [0.4, 0.5) is 0 Å². The standard InChI is InChI=1S/C15H24O4/c1-15(2)11-4-3-10(12(15)8-11)5-9(6-13(16)17)7-14(18)19/h9-12H,3-8H2,1-2H3,(H,16,17)(H,18,19)/t10-,11-,12?/m1/s1. The number of rotatable bonds is 6. The summed E-state index contributed by atoms with van der Waals surface area (Å²) in [5.74, 6) is 0.0275. The second-order valence-electron chi connectivity index (χ2n) is 7.00. The van der Waals surface area contributed by atoms with Crippen molar-refractivity contribution < 1.29 is 19.8 Å². The monoisotopic (exact) mass is 268 g/mol. The molecule has 3 saturated carbocycles. The first kappa shape index (κ1) is 14.4. The molecule has 0 aromatic carbocycles. The summed E-state index contributed by atoms with van der Waals surface area (Å²) >= 11 is 0. The van der Waals surface area contributed by atoms with Gasteiger partial charge in [-0.2, -0.15) is 0 Å². The van der Waals surface area contributed by atoms with E-state index in [1.165, 1.54) is 12.8 Å². The minimum Gasteiger partial charge on any atom is -0.481 e. The van der Waals surface area contributed by atoms with Crippen LogP contribution in [0.3, 0.4) is 0 Å². The topological polar surface area (TPSA) is 74.6 Å². The highest BCUT2D eigenvalue weighted by Gasteiger charge is 2.54. The van der Waals surface area contributed by atoms with Crippen LogP contribution in [0.2, 0.25) is 0 Å². The van der Waals surface area contributed by atoms with Crippen molar-refractivity contribution in [2.75, 3.05) is 0 Å². The van der Waals surface area contributed by atoms with Crippen LogP contribution in [0.15, 0.2) is 0 Å². The van der Waals surface area contributed by atoms with Gasteiger partial charge in [0.1, 0.15) is 0 Å². The third-order valence-corrected chi connectivity index (χ3v) is 5.56. The van der Waals surface area contributed by atoms with Gasteiger partial charge in [0, 0.05) is 12.8 Å². The molecule has 3 rings (SSSR count). The second-order valence-corrected chi connectivity index (χ2v) is 7.00. The van der Waals surface area contributed by atoms with Crippen molar-refractivity contribution in [3.63, 3.8) is 0 Å². The lowest BCUT2D eigenvalue weighted by Crippen LogP contribution is -2.52. The molecule has 0 aromatic rings. The minimum absolute atomic E-state index is 0.0145. The summed E-state index contributed by atoms with van der Waals surface area (Å²) in [6.45, 7) is 4.61. The first-order valence-electron chi connectivity index (χ1n) is 7.24. The highest BCUT2D eigenvalue weighted by atomic mass is 16.4. The first-order valence-corrected chi connectivity index (χ1v) is 7.24. The van der Waals surface area contributed by atoms with E-state index in [9.17, 15) is 9.59 Å². The van der Waals surface area contributed by atoms with E-state index in [1.807, 2.05) is 0 Å². The predicted octanol–water partition coefficient (Wildman–Crippen LogP) is 3.01. The molecule has 1 unspecified atom stereocenters. The lowest BCUT2D eigenvalue weighted by Gasteiger charge is -2.60. The molecule has 4 nitrogen and oxygen atoms in total. The van der Waals surface area contributed by atoms with Crippen LogP contribution < -0.4 is 0 Å². The zero-order valence-electron chi connectivity index (χ0n) is 11.8. The maximum Gasteiger partial charge on any atom is 0.303 e. The van der Waals surface area contributed by atoms with Gasteiger partial charge in [-0.3, -0.25) is 9.59 Å². The van der Waals surface area contributed by atoms with Gasteiger partial charge in [-0.25, -0.2) is 0 Å². The molecule has 2 N–H and O–H groups in total. The van der Waals surface area contributed by atoms with Crippen molar-refractivity contribution >= 4 is 11.9 Å². The van der Waals surface area contributed by atoms with E-state index < -0.39 is 11.9 Å². The Kier molecular flexibility index (Phi) is 3.88. The van der Waals surface area contributed by atoms with E-state index >= 15 is 0 Å². The van der Waals surface area contributed by atoms with Crippen molar-refractivity contribution in [1.82, 2.24) is 0 Å². The Labute approximate surface area is 114 Å². The molecule has 0 amide bonds. The molecule has 0 radical (unpaired) electrons. The number of hydrogen-bond acceptors (Lipinski definition) is 2. The molecule has 0 saturated heterocycles. The Balaban J connectivity index is 1.96. The van der Waals surface area contributed by atoms with Crippen LogP contribution in [0.5, 0.6) is 0 Å². The van der Waals surface area contributed by atoms with Crippen molar-refractivity contribution in [3.05, 3.63) is 0 Å². The number of carboxylic acids is 2. The van der Waals surface area contributed by atoms with E-state index in [2.05, 4.69) is 13.8 Å². The Morgan fingerprint density at radius 2 is 1.74 bits per heavy atom. The molecule has 19 heavy (non-hydrogen) atoms. The maximum atomic E-state index is 10.9. The van der Waals surface area contributed by atoms with Gasteiger partial charge < -0.3 is 10.2 Å². The number of carboxylic acid groups (broad SMARTS) is 2. The molecule has 4 heteroatoms. The van der Waals surface area contributed by atoms with Gasteiger partial charge >= 0.3 is 11.9 Å². The fourth-order valence-electron chi connectivity index (χ4n) is 4.41. The van der Waals surface area contributed by atoms with E-state index in [4.69, 9.17) is 10.2 Å². The minimum atomic E-state index is -0.882. The van der Waals surface area contributed by atoms with Crippen molar-refractivity contribution in [2.24, 2.45) is 29.1 Å². The van der Waals surface area contributed by atoms with Crippen LogP contribution in [0, 0.1) is 29.1 Å². The van der Waals surface area contributed by atoms with Crippen LogP contribution in [0.25, 0.3) is 0 Å². The summed E-state index contributed by atoms with van der Waals surface area (Å²) in [6.07, 6.45) is 4.36. The lowest BCUT2D eigenvalue weighted by molar-refractivity contribution is -0.142. The van der Waals surface area contributed by atoms with Gasteiger partial charge in [0.15, 0.2) is 0 Å². The molecular weight excluding hydrogens is 244 g/mol. The van der Waals surface area contributed by atoms with Gasteiger partial charge in [-0.15, -0.1) is 0 Å². The van der Waals surface area contributed by atoms with E-state index in [0.717, 1.165) is 18.8 Å². The number of fused-ring (bicyclic) bond motifs is 2. The Morgan fingerprint density at radius 1 is 1.16 bits per heavy atom. The van der Waals surface area contributed by atoms with Gasteiger partial charge in [-0.1, -0.05) is 13.8 Å². The smallest absolute Gasteiger partial charge is 0.303 e. The zero-order chi connectivity index (χ0) is 14.2. The van der Waals surface area contributed by atoms with Crippen LogP contribution in [-0.2, 0) is 9.59 Å². The summed E-state index contributed by atoms with van der Waals surface area (Å²) in [5.41, 5.74) is 0.375. The third-order valence-electron chi connectivity index (χ3n) is 5.56. The molecule has 0 spiro atoms. The van der Waals surface area contributed by atoms with Crippen molar-refractivity contribution in [2.45, 2.75) is 52.4 Å². The molecule has 2 bridgehead atoms. The fourth-order valence-corrected chi connectivity index (χ4v) is 4.41. The van der Waals surface area contributed by atoms with E-state index in [-0.39, 0.29) is 18.8 Å². The van der Waals surface area contributed by atoms with Crippen molar-refractivity contribution in [1.29, 1.82) is 0 Å². The average Bonchev–Trinajstić information content (AvgIpc) is 2.26. The molecule has 0 aromatic heterocycles.